The summed E-state index contributed by atoms with van der Waals surface area (Å²) in [6.07, 6.45) is 16.7. The second-order valence-electron chi connectivity index (χ2n) is 12.1. The van der Waals surface area contributed by atoms with E-state index in [0.29, 0.717) is 17.8 Å². The summed E-state index contributed by atoms with van der Waals surface area (Å²) in [6.45, 7) is 12.7. The summed E-state index contributed by atoms with van der Waals surface area (Å²) in [5.74, 6) is 1.67. The fourth-order valence-corrected chi connectivity index (χ4v) is 8.12. The number of rotatable bonds is 6. The van der Waals surface area contributed by atoms with Crippen molar-refractivity contribution in [2.24, 2.45) is 28.6 Å². The SMILES string of the molecule is CC/C=C(\C)C(=O)O[C@H]1CC[C@@]2(C)C(=CC[C@H]3[C@@H]4CC[C@H](OC(=O)/C(C)=C/CC)[C@@]4(C)CC[C@@H]32)C1. The molecule has 4 nitrogen and oxygen atoms in total. The van der Waals surface area contributed by atoms with Gasteiger partial charge >= 0.3 is 11.9 Å². The van der Waals surface area contributed by atoms with Gasteiger partial charge in [-0.3, -0.25) is 0 Å². The molecule has 0 spiro atoms. The number of allylic oxidation sites excluding steroid dienone is 3. The average molecular weight is 483 g/mol. The first-order valence-electron chi connectivity index (χ1n) is 14.1. The number of fused-ring (bicyclic) bond motifs is 5. The van der Waals surface area contributed by atoms with Crippen LogP contribution in [0.2, 0.25) is 0 Å². The highest BCUT2D eigenvalue weighted by Gasteiger charge is 2.59. The Balaban J connectivity index is 1.46. The molecule has 0 aromatic carbocycles. The Morgan fingerprint density at radius 3 is 2.23 bits per heavy atom. The van der Waals surface area contributed by atoms with E-state index in [1.54, 1.807) is 0 Å². The predicted molar refractivity (Wildman–Crippen MR) is 140 cm³/mol. The van der Waals surface area contributed by atoms with Crippen molar-refractivity contribution in [1.82, 2.24) is 0 Å². The van der Waals surface area contributed by atoms with Crippen LogP contribution in [0.15, 0.2) is 34.9 Å². The van der Waals surface area contributed by atoms with E-state index in [1.165, 1.54) is 12.0 Å². The maximum Gasteiger partial charge on any atom is 0.333 e. The second kappa shape index (κ2) is 10.3. The third-order valence-corrected chi connectivity index (χ3v) is 10.2. The number of hydrogen-bond donors (Lipinski definition) is 0. The van der Waals surface area contributed by atoms with E-state index >= 15 is 0 Å². The van der Waals surface area contributed by atoms with Crippen LogP contribution in [-0.4, -0.2) is 24.1 Å². The standard InChI is InChI=1S/C31H46O4/c1-7-9-20(3)28(32)34-23-15-17-30(5)22(19-23)11-12-24-25-13-14-27(31(25,6)18-16-26(24)30)35-29(33)21(4)10-8-2/h9-11,23-27H,7-8,12-19H2,1-6H3/b20-9+,21-10+/t23-,24-,25-,26-,27-,30-,31-/m0/s1. The van der Waals surface area contributed by atoms with Crippen molar-refractivity contribution in [3.05, 3.63) is 34.9 Å². The van der Waals surface area contributed by atoms with Crippen molar-refractivity contribution in [3.63, 3.8) is 0 Å². The van der Waals surface area contributed by atoms with Gasteiger partial charge in [0.15, 0.2) is 0 Å². The summed E-state index contributed by atoms with van der Waals surface area (Å²) in [5, 5.41) is 0. The molecule has 0 amide bonds. The summed E-state index contributed by atoms with van der Waals surface area (Å²) in [6, 6.07) is 0. The number of carbonyl (C=O) groups is 2. The fourth-order valence-electron chi connectivity index (χ4n) is 8.12. The zero-order valence-corrected chi connectivity index (χ0v) is 22.8. The van der Waals surface area contributed by atoms with Crippen LogP contribution in [-0.2, 0) is 19.1 Å². The molecule has 35 heavy (non-hydrogen) atoms. The van der Waals surface area contributed by atoms with E-state index in [9.17, 15) is 9.59 Å². The lowest BCUT2D eigenvalue weighted by molar-refractivity contribution is -0.155. The molecule has 0 unspecified atom stereocenters. The van der Waals surface area contributed by atoms with E-state index in [-0.39, 0.29) is 35.0 Å². The Morgan fingerprint density at radius 1 is 0.914 bits per heavy atom. The van der Waals surface area contributed by atoms with Crippen LogP contribution >= 0.6 is 0 Å². The van der Waals surface area contributed by atoms with Crippen LogP contribution in [0.3, 0.4) is 0 Å². The number of hydrogen-bond acceptors (Lipinski definition) is 4. The van der Waals surface area contributed by atoms with Gasteiger partial charge in [-0.2, -0.15) is 0 Å². The normalized spacial score (nSPS) is 39.1. The first-order valence-corrected chi connectivity index (χ1v) is 14.1. The lowest BCUT2D eigenvalue weighted by Gasteiger charge is -2.57. The zero-order valence-electron chi connectivity index (χ0n) is 22.8. The molecule has 7 atom stereocenters. The van der Waals surface area contributed by atoms with Gasteiger partial charge in [-0.15, -0.1) is 0 Å². The third kappa shape index (κ3) is 4.79. The Kier molecular flexibility index (Phi) is 7.69. The van der Waals surface area contributed by atoms with E-state index in [4.69, 9.17) is 9.47 Å². The molecule has 0 aromatic heterocycles. The van der Waals surface area contributed by atoms with Gasteiger partial charge in [0.1, 0.15) is 12.2 Å². The molecular formula is C31H46O4. The molecule has 4 rings (SSSR count). The van der Waals surface area contributed by atoms with Gasteiger partial charge in [0.25, 0.3) is 0 Å². The van der Waals surface area contributed by atoms with Crippen LogP contribution in [0.4, 0.5) is 0 Å². The first kappa shape index (κ1) is 26.2. The highest BCUT2D eigenvalue weighted by molar-refractivity contribution is 5.88. The summed E-state index contributed by atoms with van der Waals surface area (Å²) < 4.78 is 12.0. The van der Waals surface area contributed by atoms with Crippen molar-refractivity contribution in [3.8, 4) is 0 Å². The third-order valence-electron chi connectivity index (χ3n) is 10.2. The quantitative estimate of drug-likeness (QED) is 0.224. The maximum atomic E-state index is 12.7. The first-order chi connectivity index (χ1) is 16.6. The molecular weight excluding hydrogens is 436 g/mol. The van der Waals surface area contributed by atoms with E-state index < -0.39 is 0 Å². The summed E-state index contributed by atoms with van der Waals surface area (Å²) in [4.78, 5) is 25.1. The summed E-state index contributed by atoms with van der Waals surface area (Å²) >= 11 is 0. The van der Waals surface area contributed by atoms with E-state index in [1.807, 2.05) is 32.9 Å². The fraction of sp³-hybridized carbons (Fsp3) is 0.742. The van der Waals surface area contributed by atoms with Gasteiger partial charge in [-0.1, -0.05) is 51.5 Å². The second-order valence-corrected chi connectivity index (χ2v) is 12.1. The monoisotopic (exact) mass is 482 g/mol. The molecule has 0 N–H and O–H groups in total. The van der Waals surface area contributed by atoms with Gasteiger partial charge in [0.05, 0.1) is 0 Å². The average Bonchev–Trinajstić information content (AvgIpc) is 3.15. The van der Waals surface area contributed by atoms with Gasteiger partial charge in [-0.25, -0.2) is 9.59 Å². The van der Waals surface area contributed by atoms with Crippen LogP contribution in [0.5, 0.6) is 0 Å². The lowest BCUT2D eigenvalue weighted by Crippen LogP contribution is -2.51. The highest BCUT2D eigenvalue weighted by atomic mass is 16.5. The Labute approximate surface area is 212 Å². The topological polar surface area (TPSA) is 52.6 Å². The summed E-state index contributed by atoms with van der Waals surface area (Å²) in [5.41, 5.74) is 3.27. The molecule has 4 aliphatic rings. The number of esters is 2. The Morgan fingerprint density at radius 2 is 1.57 bits per heavy atom. The van der Waals surface area contributed by atoms with Crippen molar-refractivity contribution in [1.29, 1.82) is 0 Å². The van der Waals surface area contributed by atoms with Crippen molar-refractivity contribution in [2.75, 3.05) is 0 Å². The van der Waals surface area contributed by atoms with Gasteiger partial charge in [0.2, 0.25) is 0 Å². The van der Waals surface area contributed by atoms with Crippen molar-refractivity contribution in [2.45, 2.75) is 118 Å². The zero-order chi connectivity index (χ0) is 25.4. The van der Waals surface area contributed by atoms with Gasteiger partial charge in [-0.05, 0) is 94.8 Å². The maximum absolute atomic E-state index is 12.7. The van der Waals surface area contributed by atoms with E-state index in [2.05, 4.69) is 26.8 Å². The predicted octanol–water partition coefficient (Wildman–Crippen LogP) is 7.49. The molecule has 0 bridgehead atoms. The molecule has 194 valence electrons. The molecule has 0 radical (unpaired) electrons. The minimum Gasteiger partial charge on any atom is -0.459 e. The molecule has 0 aromatic rings. The molecule has 3 saturated carbocycles. The largest absolute Gasteiger partial charge is 0.459 e. The Hall–Kier alpha value is -1.84. The van der Waals surface area contributed by atoms with Gasteiger partial charge < -0.3 is 9.47 Å². The van der Waals surface area contributed by atoms with Crippen molar-refractivity contribution >= 4 is 11.9 Å². The summed E-state index contributed by atoms with van der Waals surface area (Å²) in [7, 11) is 0. The van der Waals surface area contributed by atoms with Crippen LogP contribution in [0.25, 0.3) is 0 Å². The molecule has 0 saturated heterocycles. The van der Waals surface area contributed by atoms with Crippen LogP contribution < -0.4 is 0 Å². The smallest absolute Gasteiger partial charge is 0.333 e. The molecule has 4 heteroatoms. The van der Waals surface area contributed by atoms with Crippen LogP contribution in [0.1, 0.15) is 106 Å². The molecule has 0 heterocycles. The molecule has 0 aliphatic heterocycles. The van der Waals surface area contributed by atoms with Crippen LogP contribution in [0, 0.1) is 28.6 Å². The Bertz CT molecular complexity index is 926. The number of carbonyl (C=O) groups excluding carboxylic acids is 2. The minimum atomic E-state index is -0.154. The van der Waals surface area contributed by atoms with Gasteiger partial charge in [0, 0.05) is 23.0 Å². The molecule has 4 aliphatic carbocycles. The number of ether oxygens (including phenoxy) is 2. The van der Waals surface area contributed by atoms with E-state index in [0.717, 1.165) is 68.9 Å². The lowest BCUT2D eigenvalue weighted by atomic mass is 9.48. The highest BCUT2D eigenvalue weighted by Crippen LogP contribution is 2.65. The minimum absolute atomic E-state index is 0.00197. The van der Waals surface area contributed by atoms with Crippen molar-refractivity contribution < 1.29 is 19.1 Å². The molecule has 3 fully saturated rings.